The van der Waals surface area contributed by atoms with Crippen molar-refractivity contribution in [2.75, 3.05) is 10.7 Å². The van der Waals surface area contributed by atoms with Crippen LogP contribution in [0.15, 0.2) is 59.5 Å². The van der Waals surface area contributed by atoms with Gasteiger partial charge in [0.05, 0.1) is 10.7 Å². The molecule has 90 valence electrons. The summed E-state index contributed by atoms with van der Waals surface area (Å²) in [6, 6.07) is 19.0. The number of thiocarbonyl (C=S) groups is 1. The van der Waals surface area contributed by atoms with Crippen LogP contribution in [0.25, 0.3) is 0 Å². The summed E-state index contributed by atoms with van der Waals surface area (Å²) in [5.41, 5.74) is 2.53. The average molecular weight is 271 g/mol. The number of anilines is 1. The van der Waals surface area contributed by atoms with Gasteiger partial charge in [-0.25, -0.2) is 0 Å². The minimum Gasteiger partial charge on any atom is -0.330 e. The molecule has 0 amide bonds. The smallest absolute Gasteiger partial charge is 0.0931 e. The number of hydrogen-bond acceptors (Lipinski definition) is 2. The molecule has 0 N–H and O–H groups in total. The van der Waals surface area contributed by atoms with Crippen LogP contribution in [0.3, 0.4) is 0 Å². The minimum atomic E-state index is 0.858. The van der Waals surface area contributed by atoms with Crippen LogP contribution < -0.4 is 4.90 Å². The molecule has 0 bridgehead atoms. The average Bonchev–Trinajstić information content (AvgIpc) is 2.43. The quantitative estimate of drug-likeness (QED) is 0.756. The van der Waals surface area contributed by atoms with E-state index >= 15 is 0 Å². The summed E-state index contributed by atoms with van der Waals surface area (Å²) in [6.07, 6.45) is 0. The number of hydrogen-bond donors (Lipinski definition) is 0. The summed E-state index contributed by atoms with van der Waals surface area (Å²) in [5, 5.41) is 0. The van der Waals surface area contributed by atoms with Crippen LogP contribution in [0.2, 0.25) is 0 Å². The molecule has 1 nitrogen and oxygen atoms in total. The first-order chi connectivity index (χ1) is 8.84. The van der Waals surface area contributed by atoms with E-state index in [9.17, 15) is 0 Å². The Morgan fingerprint density at radius 1 is 1.00 bits per heavy atom. The van der Waals surface area contributed by atoms with Crippen molar-refractivity contribution in [3.05, 3.63) is 60.2 Å². The Morgan fingerprint density at radius 3 is 2.56 bits per heavy atom. The highest BCUT2D eigenvalue weighted by molar-refractivity contribution is 8.01. The van der Waals surface area contributed by atoms with Crippen LogP contribution in [0.1, 0.15) is 5.56 Å². The molecule has 2 aromatic rings. The second-order valence-corrected chi connectivity index (χ2v) is 5.71. The zero-order chi connectivity index (χ0) is 12.4. The van der Waals surface area contributed by atoms with Crippen molar-refractivity contribution in [3.63, 3.8) is 0 Å². The van der Waals surface area contributed by atoms with E-state index < -0.39 is 0 Å². The Kier molecular flexibility index (Phi) is 3.35. The third-order valence-corrected chi connectivity index (χ3v) is 4.61. The second kappa shape index (κ2) is 5.12. The van der Waals surface area contributed by atoms with Gasteiger partial charge in [-0.3, -0.25) is 0 Å². The SMILES string of the molecule is S=C1CSc2ccccc2N1Cc1ccccc1. The summed E-state index contributed by atoms with van der Waals surface area (Å²) in [6.45, 7) is 0.858. The van der Waals surface area contributed by atoms with Crippen LogP contribution in [0, 0.1) is 0 Å². The standard InChI is InChI=1S/C15H13NS2/c17-15-11-18-14-9-5-4-8-13(14)16(15)10-12-6-2-1-3-7-12/h1-9H,10-11H2. The maximum atomic E-state index is 5.51. The van der Waals surface area contributed by atoms with Gasteiger partial charge in [-0.15, -0.1) is 11.8 Å². The zero-order valence-corrected chi connectivity index (χ0v) is 11.5. The third-order valence-electron chi connectivity index (χ3n) is 2.99. The van der Waals surface area contributed by atoms with Crippen molar-refractivity contribution in [1.82, 2.24) is 0 Å². The van der Waals surface area contributed by atoms with Gasteiger partial charge < -0.3 is 4.90 Å². The fourth-order valence-electron chi connectivity index (χ4n) is 2.09. The summed E-state index contributed by atoms with van der Waals surface area (Å²) >= 11 is 7.34. The molecular formula is C15H13NS2. The van der Waals surface area contributed by atoms with E-state index in [4.69, 9.17) is 12.2 Å². The van der Waals surface area contributed by atoms with Crippen molar-refractivity contribution < 1.29 is 0 Å². The first-order valence-corrected chi connectivity index (χ1v) is 7.30. The fourth-order valence-corrected chi connectivity index (χ4v) is 3.37. The van der Waals surface area contributed by atoms with E-state index in [1.807, 2.05) is 17.8 Å². The molecule has 0 saturated carbocycles. The Labute approximate surface area is 117 Å². The van der Waals surface area contributed by atoms with E-state index in [2.05, 4.69) is 53.4 Å². The number of nitrogens with zero attached hydrogens (tertiary/aromatic N) is 1. The Balaban J connectivity index is 1.94. The summed E-state index contributed by atoms with van der Waals surface area (Å²) in [7, 11) is 0. The third kappa shape index (κ3) is 2.28. The number of para-hydroxylation sites is 1. The molecule has 1 aliphatic rings. The maximum Gasteiger partial charge on any atom is 0.0931 e. The van der Waals surface area contributed by atoms with E-state index in [-0.39, 0.29) is 0 Å². The molecule has 0 aromatic heterocycles. The molecule has 1 aliphatic heterocycles. The van der Waals surface area contributed by atoms with Gasteiger partial charge in [0.25, 0.3) is 0 Å². The highest BCUT2D eigenvalue weighted by atomic mass is 32.2. The molecule has 18 heavy (non-hydrogen) atoms. The largest absolute Gasteiger partial charge is 0.330 e. The van der Waals surface area contributed by atoms with Crippen LogP contribution in [0.5, 0.6) is 0 Å². The number of rotatable bonds is 2. The van der Waals surface area contributed by atoms with Gasteiger partial charge in [-0.05, 0) is 17.7 Å². The second-order valence-electron chi connectivity index (χ2n) is 4.22. The lowest BCUT2D eigenvalue weighted by Crippen LogP contribution is -2.33. The molecule has 3 heteroatoms. The molecule has 0 radical (unpaired) electrons. The number of thioether (sulfide) groups is 1. The van der Waals surface area contributed by atoms with Gasteiger partial charge >= 0.3 is 0 Å². The van der Waals surface area contributed by atoms with E-state index in [1.54, 1.807) is 0 Å². The minimum absolute atomic E-state index is 0.858. The van der Waals surface area contributed by atoms with Gasteiger partial charge in [-0.1, -0.05) is 54.7 Å². The molecule has 0 unspecified atom stereocenters. The van der Waals surface area contributed by atoms with Gasteiger partial charge in [-0.2, -0.15) is 0 Å². The lowest BCUT2D eigenvalue weighted by molar-refractivity contribution is 0.991. The number of fused-ring (bicyclic) bond motifs is 1. The van der Waals surface area contributed by atoms with E-state index in [0.29, 0.717) is 0 Å². The summed E-state index contributed by atoms with van der Waals surface area (Å²) in [5.74, 6) is 0.902. The fraction of sp³-hybridized carbons (Fsp3) is 0.133. The zero-order valence-electron chi connectivity index (χ0n) is 9.87. The van der Waals surface area contributed by atoms with Crippen molar-refractivity contribution in [1.29, 1.82) is 0 Å². The van der Waals surface area contributed by atoms with Crippen molar-refractivity contribution in [3.8, 4) is 0 Å². The molecule has 0 saturated heterocycles. The normalized spacial score (nSPS) is 14.4. The van der Waals surface area contributed by atoms with Crippen molar-refractivity contribution >= 4 is 34.7 Å². The Morgan fingerprint density at radius 2 is 1.72 bits per heavy atom. The molecular weight excluding hydrogens is 258 g/mol. The van der Waals surface area contributed by atoms with Crippen molar-refractivity contribution in [2.45, 2.75) is 11.4 Å². The van der Waals surface area contributed by atoms with Gasteiger partial charge in [0.1, 0.15) is 0 Å². The molecule has 3 rings (SSSR count). The molecule has 0 fully saturated rings. The molecule has 0 atom stereocenters. The van der Waals surface area contributed by atoms with E-state index in [0.717, 1.165) is 17.3 Å². The molecule has 0 spiro atoms. The molecule has 2 aromatic carbocycles. The first kappa shape index (κ1) is 11.8. The van der Waals surface area contributed by atoms with E-state index in [1.165, 1.54) is 16.1 Å². The van der Waals surface area contributed by atoms with Crippen LogP contribution in [-0.2, 0) is 6.54 Å². The Hall–Kier alpha value is -1.32. The lowest BCUT2D eigenvalue weighted by atomic mass is 10.2. The summed E-state index contributed by atoms with van der Waals surface area (Å²) < 4.78 is 0. The van der Waals surface area contributed by atoms with Gasteiger partial charge in [0.15, 0.2) is 0 Å². The van der Waals surface area contributed by atoms with Crippen molar-refractivity contribution in [2.24, 2.45) is 0 Å². The highest BCUT2D eigenvalue weighted by Crippen LogP contribution is 2.36. The van der Waals surface area contributed by atoms with Gasteiger partial charge in [0.2, 0.25) is 0 Å². The Bertz CT molecular complexity index is 566. The van der Waals surface area contributed by atoms with Crippen LogP contribution >= 0.6 is 24.0 Å². The summed E-state index contributed by atoms with van der Waals surface area (Å²) in [4.78, 5) is 4.58. The predicted molar refractivity (Wildman–Crippen MR) is 82.4 cm³/mol. The number of benzene rings is 2. The molecule has 0 aliphatic carbocycles. The monoisotopic (exact) mass is 271 g/mol. The first-order valence-electron chi connectivity index (χ1n) is 5.91. The molecule has 1 heterocycles. The lowest BCUT2D eigenvalue weighted by Gasteiger charge is -2.31. The van der Waals surface area contributed by atoms with Crippen LogP contribution in [0.4, 0.5) is 5.69 Å². The highest BCUT2D eigenvalue weighted by Gasteiger charge is 2.21. The maximum absolute atomic E-state index is 5.51. The topological polar surface area (TPSA) is 3.24 Å². The predicted octanol–water partition coefficient (Wildman–Crippen LogP) is 4.13. The van der Waals surface area contributed by atoms with Crippen LogP contribution in [-0.4, -0.2) is 10.7 Å². The van der Waals surface area contributed by atoms with Gasteiger partial charge in [0, 0.05) is 17.2 Å².